The van der Waals surface area contributed by atoms with E-state index >= 15 is 0 Å². The number of quaternary nitrogens is 1. The van der Waals surface area contributed by atoms with Gasteiger partial charge in [0.2, 0.25) is 0 Å². The van der Waals surface area contributed by atoms with Crippen LogP contribution in [-0.2, 0) is 32.7 Å². The minimum atomic E-state index is 0. The number of para-hydroxylation sites is 1. The van der Waals surface area contributed by atoms with Crippen LogP contribution in [0.5, 0.6) is 5.75 Å². The molecule has 0 amide bonds. The molecule has 127 valence electrons. The summed E-state index contributed by atoms with van der Waals surface area (Å²) in [5.41, 5.74) is 2.49. The van der Waals surface area contributed by atoms with Crippen LogP contribution < -0.4 is 4.74 Å². The van der Waals surface area contributed by atoms with E-state index in [4.69, 9.17) is 4.74 Å². The quantitative estimate of drug-likeness (QED) is 0.711. The number of hydrogen-bond donors (Lipinski definition) is 0. The van der Waals surface area contributed by atoms with Gasteiger partial charge in [-0.05, 0) is 31.5 Å². The summed E-state index contributed by atoms with van der Waals surface area (Å²) in [6.45, 7) is 14.7. The number of likely N-dealkylation sites (N-methyl/N-ethyl adjacent to an activating group) is 1. The smallest absolute Gasteiger partial charge is 0.137 e. The predicted molar refractivity (Wildman–Crippen MR) is 93.5 cm³/mol. The molecule has 0 N–H and O–H groups in total. The van der Waals surface area contributed by atoms with Crippen LogP contribution in [0.4, 0.5) is 0 Å². The molecule has 1 aliphatic rings. The summed E-state index contributed by atoms with van der Waals surface area (Å²) in [5.74, 6) is 1.08. The third-order valence-corrected chi connectivity index (χ3v) is 5.08. The first kappa shape index (κ1) is 21.1. The standard InChI is InChI=1S/C19H33N2O.Y/c1-5-20-11-7-13-21(4,14-8-12-20)15-16-22-19-17(2)9-6-10-18(19)3;/h6,9-10H,5,7-8,11-16H2,1-4H3;/q+1;. The molecule has 4 heteroatoms. The monoisotopic (exact) mass is 394 g/mol. The molecule has 23 heavy (non-hydrogen) atoms. The van der Waals surface area contributed by atoms with E-state index in [9.17, 15) is 0 Å². The first-order valence-electron chi connectivity index (χ1n) is 8.79. The fraction of sp³-hybridized carbons (Fsp3) is 0.684. The number of benzene rings is 1. The van der Waals surface area contributed by atoms with Crippen LogP contribution in [0.25, 0.3) is 0 Å². The summed E-state index contributed by atoms with van der Waals surface area (Å²) in [4.78, 5) is 2.58. The third-order valence-electron chi connectivity index (χ3n) is 5.08. The molecule has 2 rings (SSSR count). The second-order valence-corrected chi connectivity index (χ2v) is 7.00. The van der Waals surface area contributed by atoms with Crippen molar-refractivity contribution in [1.29, 1.82) is 0 Å². The maximum atomic E-state index is 6.12. The van der Waals surface area contributed by atoms with Gasteiger partial charge in [0.1, 0.15) is 18.9 Å². The number of ether oxygens (including phenoxy) is 1. The van der Waals surface area contributed by atoms with Gasteiger partial charge >= 0.3 is 0 Å². The van der Waals surface area contributed by atoms with Crippen LogP contribution in [0.3, 0.4) is 0 Å². The largest absolute Gasteiger partial charge is 0.487 e. The summed E-state index contributed by atoms with van der Waals surface area (Å²) < 4.78 is 7.28. The molecular weight excluding hydrogens is 361 g/mol. The van der Waals surface area contributed by atoms with E-state index in [2.05, 4.69) is 50.9 Å². The van der Waals surface area contributed by atoms with Crippen LogP contribution in [0.15, 0.2) is 18.2 Å². The Labute approximate surface area is 167 Å². The van der Waals surface area contributed by atoms with Crippen molar-refractivity contribution in [3.8, 4) is 5.75 Å². The van der Waals surface area contributed by atoms with Crippen molar-refractivity contribution in [2.24, 2.45) is 0 Å². The Morgan fingerprint density at radius 2 is 1.65 bits per heavy atom. The Kier molecular flexibility index (Phi) is 9.29. The van der Waals surface area contributed by atoms with Gasteiger partial charge in [0.25, 0.3) is 0 Å². The Morgan fingerprint density at radius 1 is 1.09 bits per heavy atom. The maximum absolute atomic E-state index is 6.12. The fourth-order valence-corrected chi connectivity index (χ4v) is 3.51. The molecular formula is C19H33N2OY+. The van der Waals surface area contributed by atoms with Crippen molar-refractivity contribution in [1.82, 2.24) is 4.90 Å². The molecule has 1 aromatic rings. The van der Waals surface area contributed by atoms with Crippen LogP contribution in [-0.4, -0.2) is 62.3 Å². The van der Waals surface area contributed by atoms with Crippen LogP contribution in [0.2, 0.25) is 0 Å². The van der Waals surface area contributed by atoms with Gasteiger partial charge in [-0.3, -0.25) is 0 Å². The molecule has 3 nitrogen and oxygen atoms in total. The molecule has 1 aliphatic heterocycles. The van der Waals surface area contributed by atoms with Crippen molar-refractivity contribution < 1.29 is 41.9 Å². The summed E-state index contributed by atoms with van der Waals surface area (Å²) in [6.07, 6.45) is 2.60. The second-order valence-electron chi connectivity index (χ2n) is 7.00. The molecule has 0 unspecified atom stereocenters. The summed E-state index contributed by atoms with van der Waals surface area (Å²) >= 11 is 0. The number of rotatable bonds is 5. The molecule has 1 heterocycles. The topological polar surface area (TPSA) is 12.5 Å². The zero-order chi connectivity index (χ0) is 16.0. The van der Waals surface area contributed by atoms with Gasteiger partial charge in [0.15, 0.2) is 0 Å². The average Bonchev–Trinajstić information content (AvgIpc) is 2.46. The minimum absolute atomic E-state index is 0. The molecule has 0 aromatic heterocycles. The maximum Gasteiger partial charge on any atom is 0.137 e. The van der Waals surface area contributed by atoms with Gasteiger partial charge < -0.3 is 14.1 Å². The molecule has 1 aromatic carbocycles. The van der Waals surface area contributed by atoms with Crippen molar-refractivity contribution in [2.75, 3.05) is 52.9 Å². The Hall–Kier alpha value is 0.0439. The number of nitrogens with zero attached hydrogens (tertiary/aromatic N) is 2. The van der Waals surface area contributed by atoms with Gasteiger partial charge in [-0.2, -0.15) is 0 Å². The normalized spacial score (nSPS) is 18.6. The van der Waals surface area contributed by atoms with Gasteiger partial charge in [0.05, 0.1) is 20.1 Å². The van der Waals surface area contributed by atoms with E-state index in [1.165, 1.54) is 56.7 Å². The van der Waals surface area contributed by atoms with Gasteiger partial charge in [0, 0.05) is 58.6 Å². The summed E-state index contributed by atoms with van der Waals surface area (Å²) in [5, 5.41) is 0. The van der Waals surface area contributed by atoms with Crippen molar-refractivity contribution in [3.63, 3.8) is 0 Å². The van der Waals surface area contributed by atoms with Crippen molar-refractivity contribution in [2.45, 2.75) is 33.6 Å². The van der Waals surface area contributed by atoms with Crippen LogP contribution >= 0.6 is 0 Å². The second kappa shape index (κ2) is 10.1. The molecule has 0 spiro atoms. The summed E-state index contributed by atoms with van der Waals surface area (Å²) in [7, 11) is 2.40. The van der Waals surface area contributed by atoms with E-state index in [-0.39, 0.29) is 32.7 Å². The molecule has 1 saturated heterocycles. The minimum Gasteiger partial charge on any atom is -0.487 e. The fourth-order valence-electron chi connectivity index (χ4n) is 3.51. The SMILES string of the molecule is CCN1CCC[N+](C)(CCOc2c(C)cccc2C)CCC1.[Y]. The van der Waals surface area contributed by atoms with E-state index in [0.29, 0.717) is 0 Å². The van der Waals surface area contributed by atoms with Crippen molar-refractivity contribution in [3.05, 3.63) is 29.3 Å². The van der Waals surface area contributed by atoms with Gasteiger partial charge in [-0.15, -0.1) is 0 Å². The molecule has 1 fully saturated rings. The number of hydrogen-bond acceptors (Lipinski definition) is 2. The Morgan fingerprint density at radius 3 is 2.17 bits per heavy atom. The Balaban J connectivity index is 0.00000264. The van der Waals surface area contributed by atoms with Gasteiger partial charge in [-0.25, -0.2) is 0 Å². The average molecular weight is 394 g/mol. The van der Waals surface area contributed by atoms with E-state index in [1.54, 1.807) is 0 Å². The zero-order valence-corrected chi connectivity index (χ0v) is 18.3. The molecule has 0 saturated carbocycles. The summed E-state index contributed by atoms with van der Waals surface area (Å²) in [6, 6.07) is 6.37. The predicted octanol–water partition coefficient (Wildman–Crippen LogP) is 3.24. The van der Waals surface area contributed by atoms with E-state index in [1.807, 2.05) is 0 Å². The molecule has 0 aliphatic carbocycles. The zero-order valence-electron chi connectivity index (χ0n) is 15.5. The van der Waals surface area contributed by atoms with Crippen LogP contribution in [0.1, 0.15) is 30.9 Å². The Bertz CT molecular complexity index is 448. The van der Waals surface area contributed by atoms with E-state index in [0.717, 1.165) is 23.4 Å². The first-order chi connectivity index (χ1) is 10.5. The number of aryl methyl sites for hydroxylation is 2. The molecule has 1 radical (unpaired) electrons. The van der Waals surface area contributed by atoms with E-state index < -0.39 is 0 Å². The third kappa shape index (κ3) is 6.45. The van der Waals surface area contributed by atoms with Gasteiger partial charge in [-0.1, -0.05) is 25.1 Å². The first-order valence-corrected chi connectivity index (χ1v) is 8.79. The molecule has 0 atom stereocenters. The molecule has 0 bridgehead atoms. The van der Waals surface area contributed by atoms with Crippen molar-refractivity contribution >= 4 is 0 Å². The van der Waals surface area contributed by atoms with Crippen LogP contribution in [0, 0.1) is 13.8 Å².